The number of furan rings is 1. The Bertz CT molecular complexity index is 954. The van der Waals surface area contributed by atoms with Gasteiger partial charge in [0.15, 0.2) is 17.5 Å². The van der Waals surface area contributed by atoms with E-state index in [-0.39, 0.29) is 24.0 Å². The number of nitrogens with zero attached hydrogens (tertiary/aromatic N) is 1. The van der Waals surface area contributed by atoms with Gasteiger partial charge in [-0.1, -0.05) is 30.3 Å². The van der Waals surface area contributed by atoms with E-state index < -0.39 is 0 Å². The van der Waals surface area contributed by atoms with Crippen molar-refractivity contribution >= 4 is 29.9 Å². The molecule has 0 aliphatic carbocycles. The minimum absolute atomic E-state index is 0. The molecule has 0 aliphatic heterocycles. The van der Waals surface area contributed by atoms with Crippen LogP contribution in [0.4, 0.5) is 0 Å². The van der Waals surface area contributed by atoms with Crippen molar-refractivity contribution in [3.05, 3.63) is 77.7 Å². The summed E-state index contributed by atoms with van der Waals surface area (Å²) in [4.78, 5) is 4.76. The number of nitrogens with one attached hydrogen (secondary N) is 2. The third-order valence-corrected chi connectivity index (χ3v) is 4.94. The molecule has 7 nitrogen and oxygen atoms in total. The van der Waals surface area contributed by atoms with Gasteiger partial charge in [-0.15, -0.1) is 24.0 Å². The van der Waals surface area contributed by atoms with E-state index in [0.29, 0.717) is 30.3 Å². The van der Waals surface area contributed by atoms with Crippen molar-refractivity contribution in [2.75, 3.05) is 34.4 Å². The summed E-state index contributed by atoms with van der Waals surface area (Å²) in [6.45, 7) is 1.93. The highest BCUT2D eigenvalue weighted by Crippen LogP contribution is 2.38. The van der Waals surface area contributed by atoms with Crippen molar-refractivity contribution < 1.29 is 18.6 Å². The van der Waals surface area contributed by atoms with Crippen LogP contribution in [0.3, 0.4) is 0 Å². The van der Waals surface area contributed by atoms with Gasteiger partial charge in [-0.05, 0) is 41.8 Å². The van der Waals surface area contributed by atoms with Crippen LogP contribution in [0.5, 0.6) is 17.2 Å². The van der Waals surface area contributed by atoms with Crippen LogP contribution in [-0.2, 0) is 19.4 Å². The number of hydrogen-bond donors (Lipinski definition) is 2. The van der Waals surface area contributed by atoms with Crippen LogP contribution in [0, 0.1) is 0 Å². The third-order valence-electron chi connectivity index (χ3n) is 4.94. The predicted molar refractivity (Wildman–Crippen MR) is 141 cm³/mol. The van der Waals surface area contributed by atoms with Gasteiger partial charge < -0.3 is 29.3 Å². The zero-order chi connectivity index (χ0) is 22.6. The lowest BCUT2D eigenvalue weighted by molar-refractivity contribution is 0.324. The minimum atomic E-state index is 0. The van der Waals surface area contributed by atoms with Crippen LogP contribution in [0.25, 0.3) is 0 Å². The van der Waals surface area contributed by atoms with E-state index in [0.717, 1.165) is 36.7 Å². The van der Waals surface area contributed by atoms with Crippen molar-refractivity contribution in [2.45, 2.75) is 19.4 Å². The minimum Gasteiger partial charge on any atom is -0.493 e. The zero-order valence-corrected chi connectivity index (χ0v) is 21.6. The SMILES string of the molecule is COc1cc(CN=C(NCCc2ccccc2)NCCc2ccco2)cc(OC)c1OC.I. The van der Waals surface area contributed by atoms with Gasteiger partial charge in [0.25, 0.3) is 0 Å². The Morgan fingerprint density at radius 2 is 1.48 bits per heavy atom. The molecule has 0 bridgehead atoms. The highest BCUT2D eigenvalue weighted by atomic mass is 127. The zero-order valence-electron chi connectivity index (χ0n) is 19.3. The van der Waals surface area contributed by atoms with Crippen LogP contribution in [0.1, 0.15) is 16.9 Å². The van der Waals surface area contributed by atoms with E-state index in [2.05, 4.69) is 34.9 Å². The Morgan fingerprint density at radius 3 is 2.06 bits per heavy atom. The van der Waals surface area contributed by atoms with Gasteiger partial charge in [0, 0.05) is 19.5 Å². The van der Waals surface area contributed by atoms with Gasteiger partial charge in [0.05, 0.1) is 34.1 Å². The highest BCUT2D eigenvalue weighted by molar-refractivity contribution is 14.0. The Kier molecular flexibility index (Phi) is 11.4. The normalized spacial score (nSPS) is 10.8. The molecule has 1 heterocycles. The van der Waals surface area contributed by atoms with Crippen LogP contribution in [0.15, 0.2) is 70.3 Å². The van der Waals surface area contributed by atoms with E-state index >= 15 is 0 Å². The van der Waals surface area contributed by atoms with Crippen molar-refractivity contribution in [2.24, 2.45) is 4.99 Å². The molecule has 0 unspecified atom stereocenters. The van der Waals surface area contributed by atoms with Crippen LogP contribution < -0.4 is 24.8 Å². The molecular formula is C25H32IN3O4. The molecule has 3 rings (SSSR count). The average molecular weight is 565 g/mol. The number of methoxy groups -OCH3 is 3. The molecule has 0 spiro atoms. The molecule has 2 N–H and O–H groups in total. The van der Waals surface area contributed by atoms with E-state index in [4.69, 9.17) is 23.6 Å². The first-order valence-electron chi connectivity index (χ1n) is 10.6. The molecule has 0 saturated carbocycles. The maximum atomic E-state index is 5.45. The lowest BCUT2D eigenvalue weighted by Crippen LogP contribution is -2.39. The fraction of sp³-hybridized carbons (Fsp3) is 0.320. The van der Waals surface area contributed by atoms with Gasteiger partial charge in [0.1, 0.15) is 5.76 Å². The first-order chi connectivity index (χ1) is 15.7. The van der Waals surface area contributed by atoms with Crippen LogP contribution in [0.2, 0.25) is 0 Å². The average Bonchev–Trinajstić information content (AvgIpc) is 3.35. The van der Waals surface area contributed by atoms with Crippen molar-refractivity contribution in [3.63, 3.8) is 0 Å². The maximum absolute atomic E-state index is 5.45. The maximum Gasteiger partial charge on any atom is 0.203 e. The molecule has 0 saturated heterocycles. The summed E-state index contributed by atoms with van der Waals surface area (Å²) in [6, 6.07) is 18.1. The number of halogens is 1. The summed E-state index contributed by atoms with van der Waals surface area (Å²) >= 11 is 0. The molecule has 33 heavy (non-hydrogen) atoms. The lowest BCUT2D eigenvalue weighted by atomic mass is 10.1. The Morgan fingerprint density at radius 1 is 0.818 bits per heavy atom. The first kappa shape index (κ1) is 26.4. The van der Waals surface area contributed by atoms with Gasteiger partial charge >= 0.3 is 0 Å². The third kappa shape index (κ3) is 8.20. The van der Waals surface area contributed by atoms with E-state index in [1.165, 1.54) is 5.56 Å². The van der Waals surface area contributed by atoms with Crippen LogP contribution in [-0.4, -0.2) is 40.4 Å². The second-order valence-corrected chi connectivity index (χ2v) is 7.12. The predicted octanol–water partition coefficient (Wildman–Crippen LogP) is 4.44. The Hall–Kier alpha value is -2.88. The second-order valence-electron chi connectivity index (χ2n) is 7.12. The number of benzene rings is 2. The molecule has 0 aliphatic rings. The van der Waals surface area contributed by atoms with Gasteiger partial charge in [-0.3, -0.25) is 0 Å². The summed E-state index contributed by atoms with van der Waals surface area (Å²) in [6.07, 6.45) is 3.37. The molecule has 0 atom stereocenters. The number of guanidine groups is 1. The standard InChI is InChI=1S/C25H31N3O4.HI/c1-29-22-16-20(17-23(30-2)24(22)31-3)18-28-25(27-14-12-21-10-7-15-32-21)26-13-11-19-8-5-4-6-9-19;/h4-10,15-17H,11-14,18H2,1-3H3,(H2,26,27,28);1H. The van der Waals surface area contributed by atoms with Crippen LogP contribution >= 0.6 is 24.0 Å². The molecule has 3 aromatic rings. The number of aliphatic imine (C=N–C) groups is 1. The van der Waals surface area contributed by atoms with E-state index in [1.54, 1.807) is 27.6 Å². The molecule has 0 radical (unpaired) electrons. The second kappa shape index (κ2) is 14.3. The van der Waals surface area contributed by atoms with Gasteiger partial charge in [0.2, 0.25) is 5.75 Å². The van der Waals surface area contributed by atoms with Gasteiger partial charge in [-0.25, -0.2) is 4.99 Å². The number of ether oxygens (including phenoxy) is 3. The van der Waals surface area contributed by atoms with Crippen molar-refractivity contribution in [1.82, 2.24) is 10.6 Å². The number of hydrogen-bond acceptors (Lipinski definition) is 5. The highest BCUT2D eigenvalue weighted by Gasteiger charge is 2.13. The lowest BCUT2D eigenvalue weighted by Gasteiger charge is -2.15. The molecule has 2 aromatic carbocycles. The first-order valence-corrected chi connectivity index (χ1v) is 10.6. The molecule has 1 aromatic heterocycles. The van der Waals surface area contributed by atoms with Gasteiger partial charge in [-0.2, -0.15) is 0 Å². The Balaban J connectivity index is 0.00000385. The summed E-state index contributed by atoms with van der Waals surface area (Å²) < 4.78 is 21.7. The monoisotopic (exact) mass is 565 g/mol. The summed E-state index contributed by atoms with van der Waals surface area (Å²) in [5.41, 5.74) is 2.23. The molecule has 178 valence electrons. The molecule has 0 amide bonds. The number of rotatable bonds is 11. The summed E-state index contributed by atoms with van der Waals surface area (Å²) in [5.74, 6) is 3.47. The molecule has 0 fully saturated rings. The fourth-order valence-corrected chi connectivity index (χ4v) is 3.30. The summed E-state index contributed by atoms with van der Waals surface area (Å²) in [7, 11) is 4.81. The quantitative estimate of drug-likeness (QED) is 0.204. The summed E-state index contributed by atoms with van der Waals surface area (Å²) in [5, 5.41) is 6.81. The van der Waals surface area contributed by atoms with E-state index in [9.17, 15) is 0 Å². The fourth-order valence-electron chi connectivity index (χ4n) is 3.30. The van der Waals surface area contributed by atoms with E-state index in [1.807, 2.05) is 30.3 Å². The van der Waals surface area contributed by atoms with Crippen molar-refractivity contribution in [3.8, 4) is 17.2 Å². The Labute approximate surface area is 212 Å². The largest absolute Gasteiger partial charge is 0.493 e. The topological polar surface area (TPSA) is 77.2 Å². The molecule has 8 heteroatoms. The molecular weight excluding hydrogens is 533 g/mol. The smallest absolute Gasteiger partial charge is 0.203 e. The van der Waals surface area contributed by atoms with Crippen molar-refractivity contribution in [1.29, 1.82) is 0 Å².